The first-order chi connectivity index (χ1) is 5.75. The average Bonchev–Trinajstić information content (AvgIpc) is 2.36. The number of aliphatic hydroxyl groups is 1. The van der Waals surface area contributed by atoms with Crippen molar-refractivity contribution in [3.05, 3.63) is 17.2 Å². The van der Waals surface area contributed by atoms with E-state index in [0.29, 0.717) is 18.2 Å². The summed E-state index contributed by atoms with van der Waals surface area (Å²) in [7, 11) is 1.84. The smallest absolute Gasteiger partial charge is 0.132 e. The molecule has 0 unspecified atom stereocenters. The molecule has 0 aliphatic carbocycles. The van der Waals surface area contributed by atoms with E-state index in [2.05, 4.69) is 10.3 Å². The molecule has 0 saturated carbocycles. The first-order valence-electron chi connectivity index (χ1n) is 3.73. The van der Waals surface area contributed by atoms with Gasteiger partial charge in [0.15, 0.2) is 0 Å². The number of rotatable bonds is 4. The first kappa shape index (κ1) is 9.51. The van der Waals surface area contributed by atoms with Crippen LogP contribution in [0.3, 0.4) is 0 Å². The van der Waals surface area contributed by atoms with Crippen molar-refractivity contribution in [1.29, 1.82) is 0 Å². The number of nitrogens with one attached hydrogen (secondary N) is 1. The second-order valence-corrected chi connectivity index (χ2v) is 2.85. The van der Waals surface area contributed by atoms with Crippen LogP contribution in [-0.4, -0.2) is 27.8 Å². The van der Waals surface area contributed by atoms with E-state index in [1.807, 2.05) is 7.05 Å². The van der Waals surface area contributed by atoms with Crippen molar-refractivity contribution in [1.82, 2.24) is 14.9 Å². The highest BCUT2D eigenvalue weighted by Gasteiger charge is 2.03. The Balaban J connectivity index is 2.46. The van der Waals surface area contributed by atoms with E-state index in [0.717, 1.165) is 5.69 Å². The molecule has 0 bridgehead atoms. The number of hydrogen-bond acceptors (Lipinski definition) is 3. The van der Waals surface area contributed by atoms with E-state index < -0.39 is 0 Å². The zero-order chi connectivity index (χ0) is 8.97. The Morgan fingerprint density at radius 3 is 3.00 bits per heavy atom. The summed E-state index contributed by atoms with van der Waals surface area (Å²) >= 11 is 5.89. The molecular formula is C7H12ClN3O. The van der Waals surface area contributed by atoms with Crippen LogP contribution in [0, 0.1) is 0 Å². The van der Waals surface area contributed by atoms with Gasteiger partial charge in [0.2, 0.25) is 0 Å². The van der Waals surface area contributed by atoms with Crippen molar-refractivity contribution >= 4 is 11.6 Å². The van der Waals surface area contributed by atoms with Crippen LogP contribution in [0.4, 0.5) is 0 Å². The van der Waals surface area contributed by atoms with Gasteiger partial charge < -0.3 is 15.0 Å². The summed E-state index contributed by atoms with van der Waals surface area (Å²) in [5.41, 5.74) is 0.813. The lowest BCUT2D eigenvalue weighted by molar-refractivity contribution is 0.291. The van der Waals surface area contributed by atoms with Crippen LogP contribution in [0.15, 0.2) is 6.33 Å². The number of nitrogens with zero attached hydrogens (tertiary/aromatic N) is 2. The second kappa shape index (κ2) is 4.45. The number of halogens is 1. The van der Waals surface area contributed by atoms with Gasteiger partial charge >= 0.3 is 0 Å². The van der Waals surface area contributed by atoms with E-state index >= 15 is 0 Å². The molecule has 0 aromatic carbocycles. The minimum atomic E-state index is 0.129. The van der Waals surface area contributed by atoms with Gasteiger partial charge in [0.25, 0.3) is 0 Å². The van der Waals surface area contributed by atoms with E-state index in [-0.39, 0.29) is 6.61 Å². The third-order valence-corrected chi connectivity index (χ3v) is 2.00. The predicted octanol–water partition coefficient (Wildman–Crippen LogP) is 0.155. The summed E-state index contributed by atoms with van der Waals surface area (Å²) < 4.78 is 1.75. The number of aromatic nitrogens is 2. The van der Waals surface area contributed by atoms with Crippen LogP contribution >= 0.6 is 11.6 Å². The van der Waals surface area contributed by atoms with Crippen LogP contribution in [0.2, 0.25) is 5.15 Å². The minimum absolute atomic E-state index is 0.129. The molecule has 5 heteroatoms. The van der Waals surface area contributed by atoms with Gasteiger partial charge in [0.1, 0.15) is 5.15 Å². The van der Waals surface area contributed by atoms with Crippen LogP contribution < -0.4 is 5.32 Å². The fourth-order valence-electron chi connectivity index (χ4n) is 0.868. The zero-order valence-electron chi connectivity index (χ0n) is 6.92. The third-order valence-electron chi connectivity index (χ3n) is 1.52. The van der Waals surface area contributed by atoms with Crippen LogP contribution in [0.25, 0.3) is 0 Å². The maximum Gasteiger partial charge on any atom is 0.132 e. The molecule has 68 valence electrons. The highest BCUT2D eigenvalue weighted by Crippen LogP contribution is 2.11. The number of imidazole rings is 1. The van der Waals surface area contributed by atoms with Gasteiger partial charge in [-0.05, 0) is 0 Å². The molecule has 0 radical (unpaired) electrons. The summed E-state index contributed by atoms with van der Waals surface area (Å²) in [6, 6.07) is 0. The Morgan fingerprint density at radius 2 is 2.50 bits per heavy atom. The summed E-state index contributed by atoms with van der Waals surface area (Å²) in [4.78, 5) is 4.07. The SMILES string of the molecule is Cn1cnc(CNCCO)c1Cl. The lowest BCUT2D eigenvalue weighted by atomic mass is 10.4. The topological polar surface area (TPSA) is 50.1 Å². The van der Waals surface area contributed by atoms with Gasteiger partial charge in [-0.25, -0.2) is 4.98 Å². The van der Waals surface area contributed by atoms with E-state index in [1.165, 1.54) is 0 Å². The predicted molar refractivity (Wildman–Crippen MR) is 47.0 cm³/mol. The minimum Gasteiger partial charge on any atom is -0.395 e. The third kappa shape index (κ3) is 2.20. The van der Waals surface area contributed by atoms with Crippen LogP contribution in [0.1, 0.15) is 5.69 Å². The van der Waals surface area contributed by atoms with Crippen molar-refractivity contribution in [3.63, 3.8) is 0 Å². The molecule has 12 heavy (non-hydrogen) atoms. The molecule has 0 aliphatic rings. The summed E-state index contributed by atoms with van der Waals surface area (Å²) in [5, 5.41) is 12.1. The number of aliphatic hydroxyl groups excluding tert-OH is 1. The fourth-order valence-corrected chi connectivity index (χ4v) is 1.03. The van der Waals surface area contributed by atoms with Gasteiger partial charge in [0.05, 0.1) is 18.6 Å². The van der Waals surface area contributed by atoms with Gasteiger partial charge in [-0.2, -0.15) is 0 Å². The number of hydrogen-bond donors (Lipinski definition) is 2. The standard InChI is InChI=1S/C7H12ClN3O/c1-11-5-10-6(7(11)8)4-9-2-3-12/h5,9,12H,2-4H2,1H3. The molecule has 0 fully saturated rings. The van der Waals surface area contributed by atoms with Gasteiger partial charge in [-0.1, -0.05) is 11.6 Å². The summed E-state index contributed by atoms with van der Waals surface area (Å²) in [6.07, 6.45) is 1.66. The zero-order valence-corrected chi connectivity index (χ0v) is 7.67. The summed E-state index contributed by atoms with van der Waals surface area (Å²) in [5.74, 6) is 0. The Bertz CT molecular complexity index is 249. The van der Waals surface area contributed by atoms with Crippen LogP contribution in [-0.2, 0) is 13.6 Å². The van der Waals surface area contributed by atoms with Gasteiger partial charge in [-0.15, -0.1) is 0 Å². The lowest BCUT2D eigenvalue weighted by Gasteiger charge is -1.99. The highest BCUT2D eigenvalue weighted by molar-refractivity contribution is 6.30. The molecule has 1 aromatic heterocycles. The van der Waals surface area contributed by atoms with Crippen molar-refractivity contribution in [3.8, 4) is 0 Å². The van der Waals surface area contributed by atoms with Crippen molar-refractivity contribution in [2.24, 2.45) is 7.05 Å². The largest absolute Gasteiger partial charge is 0.395 e. The normalized spacial score (nSPS) is 10.6. The van der Waals surface area contributed by atoms with E-state index in [4.69, 9.17) is 16.7 Å². The lowest BCUT2D eigenvalue weighted by Crippen LogP contribution is -2.17. The molecule has 0 amide bonds. The Labute approximate surface area is 76.2 Å². The summed E-state index contributed by atoms with van der Waals surface area (Å²) in [6.45, 7) is 1.29. The molecule has 1 aromatic rings. The van der Waals surface area contributed by atoms with Crippen LogP contribution in [0.5, 0.6) is 0 Å². The molecule has 1 heterocycles. The van der Waals surface area contributed by atoms with Crippen molar-refractivity contribution < 1.29 is 5.11 Å². The Morgan fingerprint density at radius 1 is 1.75 bits per heavy atom. The van der Waals surface area contributed by atoms with Gasteiger partial charge in [0, 0.05) is 20.1 Å². The maximum absolute atomic E-state index is 8.50. The average molecular weight is 190 g/mol. The molecule has 4 nitrogen and oxygen atoms in total. The highest BCUT2D eigenvalue weighted by atomic mass is 35.5. The molecule has 1 rings (SSSR count). The van der Waals surface area contributed by atoms with Crippen molar-refractivity contribution in [2.75, 3.05) is 13.2 Å². The van der Waals surface area contributed by atoms with E-state index in [1.54, 1.807) is 10.9 Å². The molecule has 0 aliphatic heterocycles. The molecule has 0 spiro atoms. The molecular weight excluding hydrogens is 178 g/mol. The monoisotopic (exact) mass is 189 g/mol. The Kier molecular flexibility index (Phi) is 3.52. The maximum atomic E-state index is 8.50. The van der Waals surface area contributed by atoms with Crippen molar-refractivity contribution in [2.45, 2.75) is 6.54 Å². The molecule has 2 N–H and O–H groups in total. The quantitative estimate of drug-likeness (QED) is 0.664. The number of aryl methyl sites for hydroxylation is 1. The fraction of sp³-hybridized carbons (Fsp3) is 0.571. The molecule has 0 saturated heterocycles. The first-order valence-corrected chi connectivity index (χ1v) is 4.10. The Hall–Kier alpha value is -0.580. The molecule has 0 atom stereocenters. The van der Waals surface area contributed by atoms with Gasteiger partial charge in [-0.3, -0.25) is 0 Å². The van der Waals surface area contributed by atoms with E-state index in [9.17, 15) is 0 Å². The second-order valence-electron chi connectivity index (χ2n) is 2.49.